The van der Waals surface area contributed by atoms with Crippen LogP contribution in [-0.2, 0) is 6.61 Å². The highest BCUT2D eigenvalue weighted by Crippen LogP contribution is 2.34. The lowest BCUT2D eigenvalue weighted by atomic mass is 10.0. The average Bonchev–Trinajstić information content (AvgIpc) is 3.01. The summed E-state index contributed by atoms with van der Waals surface area (Å²) in [6, 6.07) is 28.8. The van der Waals surface area contributed by atoms with Crippen molar-refractivity contribution in [2.24, 2.45) is 5.10 Å². The Labute approximate surface area is 255 Å². The fourth-order valence-electron chi connectivity index (χ4n) is 4.28. The predicted molar refractivity (Wildman–Crippen MR) is 170 cm³/mol. The Kier molecular flexibility index (Phi) is 9.02. The third-order valence-corrected chi connectivity index (χ3v) is 7.07. The first-order chi connectivity index (χ1) is 20.4. The molecule has 0 radical (unpaired) electrons. The number of non-ortho nitro benzene ring substituents is 1. The molecule has 0 bridgehead atoms. The van der Waals surface area contributed by atoms with Crippen molar-refractivity contribution in [3.8, 4) is 22.8 Å². The molecule has 0 fully saturated rings. The number of aromatic nitrogens is 1. The summed E-state index contributed by atoms with van der Waals surface area (Å²) in [6.45, 7) is 2.50. The Morgan fingerprint density at radius 3 is 2.48 bits per heavy atom. The van der Waals surface area contributed by atoms with Crippen LogP contribution in [0.4, 0.5) is 5.69 Å². The number of para-hydroxylation sites is 1. The molecule has 10 heteroatoms. The molecule has 0 atom stereocenters. The zero-order valence-corrected chi connectivity index (χ0v) is 24.6. The number of amides is 1. The maximum Gasteiger partial charge on any atom is 0.272 e. The third kappa shape index (κ3) is 6.72. The smallest absolute Gasteiger partial charge is 0.272 e. The molecule has 4 aromatic carbocycles. The summed E-state index contributed by atoms with van der Waals surface area (Å²) in [5.41, 5.74) is 6.95. The van der Waals surface area contributed by atoms with E-state index in [0.29, 0.717) is 40.4 Å². The van der Waals surface area contributed by atoms with Crippen LogP contribution in [0.2, 0.25) is 0 Å². The van der Waals surface area contributed by atoms with E-state index in [1.54, 1.807) is 30.5 Å². The number of hydrogen-bond acceptors (Lipinski definition) is 7. The number of nitro groups is 1. The van der Waals surface area contributed by atoms with Crippen molar-refractivity contribution in [2.75, 3.05) is 6.61 Å². The molecule has 0 saturated heterocycles. The lowest BCUT2D eigenvalue weighted by Gasteiger charge is -2.14. The molecular formula is C32H25IN4O5. The fraction of sp³-hybridized carbons (Fsp3) is 0.0938. The minimum absolute atomic E-state index is 0.0211. The van der Waals surface area contributed by atoms with E-state index in [1.807, 2.05) is 67.6 Å². The topological polar surface area (TPSA) is 116 Å². The number of benzene rings is 4. The Morgan fingerprint density at radius 2 is 1.74 bits per heavy atom. The first kappa shape index (κ1) is 28.7. The van der Waals surface area contributed by atoms with Gasteiger partial charge in [-0.2, -0.15) is 5.10 Å². The second-order valence-corrected chi connectivity index (χ2v) is 10.3. The van der Waals surface area contributed by atoms with Gasteiger partial charge in [0, 0.05) is 23.1 Å². The minimum atomic E-state index is -0.440. The molecule has 5 rings (SSSR count). The van der Waals surface area contributed by atoms with Crippen LogP contribution in [0.25, 0.3) is 22.2 Å². The van der Waals surface area contributed by atoms with Gasteiger partial charge in [-0.1, -0.05) is 48.5 Å². The Morgan fingerprint density at radius 1 is 1.00 bits per heavy atom. The zero-order chi connectivity index (χ0) is 29.5. The van der Waals surface area contributed by atoms with Gasteiger partial charge in [-0.15, -0.1) is 0 Å². The number of carbonyl (C=O) groups is 1. The molecule has 5 aromatic rings. The molecule has 0 saturated carbocycles. The number of nitrogens with zero attached hydrogens (tertiary/aromatic N) is 3. The van der Waals surface area contributed by atoms with Crippen LogP contribution in [0.1, 0.15) is 28.4 Å². The summed E-state index contributed by atoms with van der Waals surface area (Å²) in [6.07, 6.45) is 1.55. The molecule has 0 aliphatic rings. The van der Waals surface area contributed by atoms with Gasteiger partial charge in [0.1, 0.15) is 6.61 Å². The Bertz CT molecular complexity index is 1780. The van der Waals surface area contributed by atoms with Gasteiger partial charge in [-0.25, -0.2) is 10.4 Å². The SMILES string of the molecule is CCOc1cc(/C=N\NC(=O)c2cc(-c3ccccc3)nc3ccccc23)cc(I)c1OCc1ccc([N+](=O)[O-])cc1. The summed E-state index contributed by atoms with van der Waals surface area (Å²) >= 11 is 2.15. The van der Waals surface area contributed by atoms with Gasteiger partial charge >= 0.3 is 0 Å². The van der Waals surface area contributed by atoms with Gasteiger partial charge in [0.2, 0.25) is 0 Å². The van der Waals surface area contributed by atoms with Gasteiger partial charge in [-0.05, 0) is 77.0 Å². The minimum Gasteiger partial charge on any atom is -0.490 e. The van der Waals surface area contributed by atoms with Gasteiger partial charge in [-0.3, -0.25) is 14.9 Å². The number of hydrazone groups is 1. The van der Waals surface area contributed by atoms with E-state index in [-0.39, 0.29) is 18.2 Å². The molecule has 0 aliphatic heterocycles. The molecular weight excluding hydrogens is 647 g/mol. The zero-order valence-electron chi connectivity index (χ0n) is 22.5. The van der Waals surface area contributed by atoms with E-state index in [1.165, 1.54) is 12.1 Å². The van der Waals surface area contributed by atoms with Crippen LogP contribution >= 0.6 is 22.6 Å². The van der Waals surface area contributed by atoms with Crippen LogP contribution < -0.4 is 14.9 Å². The largest absolute Gasteiger partial charge is 0.490 e. The van der Waals surface area contributed by atoms with E-state index in [9.17, 15) is 14.9 Å². The number of halogens is 1. The van der Waals surface area contributed by atoms with E-state index < -0.39 is 4.92 Å². The lowest BCUT2D eigenvalue weighted by molar-refractivity contribution is -0.384. The van der Waals surface area contributed by atoms with Crippen molar-refractivity contribution in [1.29, 1.82) is 0 Å². The van der Waals surface area contributed by atoms with E-state index in [0.717, 1.165) is 20.1 Å². The van der Waals surface area contributed by atoms with Crippen molar-refractivity contribution in [2.45, 2.75) is 13.5 Å². The second kappa shape index (κ2) is 13.2. The second-order valence-electron chi connectivity index (χ2n) is 9.11. The fourth-order valence-corrected chi connectivity index (χ4v) is 5.06. The van der Waals surface area contributed by atoms with E-state index >= 15 is 0 Å². The Hall–Kier alpha value is -4.84. The number of nitro benzene ring substituents is 1. The first-order valence-electron chi connectivity index (χ1n) is 13.0. The third-order valence-electron chi connectivity index (χ3n) is 6.27. The van der Waals surface area contributed by atoms with Gasteiger partial charge in [0.25, 0.3) is 11.6 Å². The van der Waals surface area contributed by atoms with Crippen molar-refractivity contribution in [3.05, 3.63) is 127 Å². The highest BCUT2D eigenvalue weighted by molar-refractivity contribution is 14.1. The highest BCUT2D eigenvalue weighted by Gasteiger charge is 2.15. The molecule has 210 valence electrons. The number of pyridine rings is 1. The number of carbonyl (C=O) groups excluding carboxylic acids is 1. The molecule has 42 heavy (non-hydrogen) atoms. The summed E-state index contributed by atoms with van der Waals surface area (Å²) in [4.78, 5) is 28.5. The van der Waals surface area contributed by atoms with E-state index in [4.69, 9.17) is 14.5 Å². The maximum absolute atomic E-state index is 13.3. The van der Waals surface area contributed by atoms with Crippen LogP contribution in [0.3, 0.4) is 0 Å². The van der Waals surface area contributed by atoms with Crippen LogP contribution in [0.15, 0.2) is 102 Å². The van der Waals surface area contributed by atoms with Crippen LogP contribution in [-0.4, -0.2) is 28.6 Å². The maximum atomic E-state index is 13.3. The number of hydrogen-bond donors (Lipinski definition) is 1. The molecule has 1 heterocycles. The van der Waals surface area contributed by atoms with E-state index in [2.05, 4.69) is 33.1 Å². The molecule has 9 nitrogen and oxygen atoms in total. The standard InChI is InChI=1S/C32H25IN4O5/c1-2-41-30-17-22(16-27(33)31(30)42-20-21-12-14-24(15-13-21)37(39)40)19-34-36-32(38)26-18-29(23-8-4-3-5-9-23)35-28-11-7-6-10-25(26)28/h3-19H,2,20H2,1H3,(H,36,38)/b34-19-. The predicted octanol–water partition coefficient (Wildman–Crippen LogP) is 7.16. The number of ether oxygens (including phenoxy) is 2. The van der Waals surface area contributed by atoms with Crippen molar-refractivity contribution < 1.29 is 19.2 Å². The first-order valence-corrected chi connectivity index (χ1v) is 14.1. The van der Waals surface area contributed by atoms with Gasteiger partial charge in [0.15, 0.2) is 11.5 Å². The van der Waals surface area contributed by atoms with Crippen LogP contribution in [0, 0.1) is 13.7 Å². The quantitative estimate of drug-likeness (QED) is 0.0729. The number of fused-ring (bicyclic) bond motifs is 1. The summed E-state index contributed by atoms with van der Waals surface area (Å²) in [7, 11) is 0. The van der Waals surface area contributed by atoms with Gasteiger partial charge in [0.05, 0.1) is 38.1 Å². The van der Waals surface area contributed by atoms with Crippen molar-refractivity contribution >= 4 is 51.3 Å². The summed E-state index contributed by atoms with van der Waals surface area (Å²) < 4.78 is 12.6. The summed E-state index contributed by atoms with van der Waals surface area (Å²) in [5, 5.41) is 15.9. The monoisotopic (exact) mass is 672 g/mol. The Balaban J connectivity index is 1.34. The molecule has 1 aromatic heterocycles. The van der Waals surface area contributed by atoms with Crippen molar-refractivity contribution in [3.63, 3.8) is 0 Å². The number of rotatable bonds is 10. The molecule has 1 amide bonds. The molecule has 1 N–H and O–H groups in total. The lowest BCUT2D eigenvalue weighted by Crippen LogP contribution is -2.18. The normalized spacial score (nSPS) is 11.0. The average molecular weight is 672 g/mol. The number of nitrogens with one attached hydrogen (secondary N) is 1. The van der Waals surface area contributed by atoms with Crippen molar-refractivity contribution in [1.82, 2.24) is 10.4 Å². The highest BCUT2D eigenvalue weighted by atomic mass is 127. The summed E-state index contributed by atoms with van der Waals surface area (Å²) in [5.74, 6) is 0.713. The molecule has 0 aliphatic carbocycles. The van der Waals surface area contributed by atoms with Crippen LogP contribution in [0.5, 0.6) is 11.5 Å². The van der Waals surface area contributed by atoms with Gasteiger partial charge < -0.3 is 9.47 Å². The molecule has 0 unspecified atom stereocenters. The molecule has 0 spiro atoms.